The van der Waals surface area contributed by atoms with Crippen LogP contribution in [0, 0.1) is 5.82 Å². The van der Waals surface area contributed by atoms with Crippen LogP contribution in [-0.4, -0.2) is 13.4 Å². The summed E-state index contributed by atoms with van der Waals surface area (Å²) in [5.74, 6) is -0.338. The number of thiophene rings is 1. The monoisotopic (exact) mass is 374 g/mol. The lowest BCUT2D eigenvalue weighted by molar-refractivity contribution is 0.603. The van der Waals surface area contributed by atoms with E-state index in [1.807, 2.05) is 0 Å². The zero-order chi connectivity index (χ0) is 15.7. The van der Waals surface area contributed by atoms with Crippen molar-refractivity contribution in [2.24, 2.45) is 0 Å². The highest BCUT2D eigenvalue weighted by Crippen LogP contribution is 2.30. The number of hydrogen-bond acceptors (Lipinski definition) is 5. The molecule has 0 amide bonds. The van der Waals surface area contributed by atoms with Crippen molar-refractivity contribution in [1.29, 1.82) is 0 Å². The van der Waals surface area contributed by atoms with Crippen LogP contribution in [0.3, 0.4) is 0 Å². The van der Waals surface area contributed by atoms with E-state index in [0.29, 0.717) is 15.6 Å². The van der Waals surface area contributed by atoms with Crippen molar-refractivity contribution in [1.82, 2.24) is 4.98 Å². The van der Waals surface area contributed by atoms with Crippen LogP contribution in [0.15, 0.2) is 46.0 Å². The SMILES string of the molecule is O=S(=O)(Nc1nc(-c2ccc(F)cc2)cs1)c1ccc(Cl)s1. The summed E-state index contributed by atoms with van der Waals surface area (Å²) in [7, 11) is -3.70. The summed E-state index contributed by atoms with van der Waals surface area (Å²) < 4.78 is 40.1. The van der Waals surface area contributed by atoms with Crippen LogP contribution < -0.4 is 4.72 Å². The molecule has 0 aliphatic rings. The molecule has 1 aromatic carbocycles. The number of nitrogens with one attached hydrogen (secondary N) is 1. The second kappa shape index (κ2) is 5.96. The molecule has 114 valence electrons. The minimum atomic E-state index is -3.70. The van der Waals surface area contributed by atoms with Gasteiger partial charge in [0.25, 0.3) is 10.0 Å². The quantitative estimate of drug-likeness (QED) is 0.733. The molecule has 0 aliphatic heterocycles. The summed E-state index contributed by atoms with van der Waals surface area (Å²) in [4.78, 5) is 4.21. The third kappa shape index (κ3) is 3.30. The van der Waals surface area contributed by atoms with Crippen molar-refractivity contribution < 1.29 is 12.8 Å². The second-order valence-electron chi connectivity index (χ2n) is 4.21. The first-order valence-corrected chi connectivity index (χ1v) is 9.49. The number of rotatable bonds is 4. The maximum atomic E-state index is 12.9. The molecule has 0 saturated carbocycles. The largest absolute Gasteiger partial charge is 0.273 e. The highest BCUT2D eigenvalue weighted by Gasteiger charge is 2.18. The number of anilines is 1. The van der Waals surface area contributed by atoms with Crippen molar-refractivity contribution in [2.45, 2.75) is 4.21 Å². The lowest BCUT2D eigenvalue weighted by Gasteiger charge is -2.01. The van der Waals surface area contributed by atoms with E-state index in [-0.39, 0.29) is 15.2 Å². The summed E-state index contributed by atoms with van der Waals surface area (Å²) in [6.45, 7) is 0. The highest BCUT2D eigenvalue weighted by molar-refractivity contribution is 7.94. The van der Waals surface area contributed by atoms with Gasteiger partial charge in [-0.25, -0.2) is 17.8 Å². The van der Waals surface area contributed by atoms with E-state index in [9.17, 15) is 12.8 Å². The fourth-order valence-electron chi connectivity index (χ4n) is 1.68. The minimum Gasteiger partial charge on any atom is -0.254 e. The summed E-state index contributed by atoms with van der Waals surface area (Å²) in [5.41, 5.74) is 1.29. The molecule has 0 aliphatic carbocycles. The molecule has 0 fully saturated rings. The first-order valence-electron chi connectivity index (χ1n) is 5.94. The zero-order valence-corrected chi connectivity index (χ0v) is 14.0. The molecule has 3 rings (SSSR count). The molecule has 0 radical (unpaired) electrons. The molecule has 4 nitrogen and oxygen atoms in total. The standard InChI is InChI=1S/C13H8ClFN2O2S3/c14-11-5-6-12(21-11)22(18,19)17-13-16-10(7-20-13)8-1-3-9(15)4-2-8/h1-7H,(H,16,17). The average Bonchev–Trinajstić information content (AvgIpc) is 3.09. The predicted molar refractivity (Wildman–Crippen MR) is 87.6 cm³/mol. The predicted octanol–water partition coefficient (Wildman–Crippen LogP) is 4.46. The first kappa shape index (κ1) is 15.4. The van der Waals surface area contributed by atoms with Crippen LogP contribution >= 0.6 is 34.3 Å². The second-order valence-corrected chi connectivity index (χ2v) is 8.69. The van der Waals surface area contributed by atoms with Crippen LogP contribution in [0.1, 0.15) is 0 Å². The Morgan fingerprint density at radius 2 is 1.86 bits per heavy atom. The topological polar surface area (TPSA) is 59.1 Å². The van der Waals surface area contributed by atoms with E-state index < -0.39 is 10.0 Å². The Kier molecular flexibility index (Phi) is 4.18. The first-order chi connectivity index (χ1) is 10.4. The van der Waals surface area contributed by atoms with Gasteiger partial charge in [-0.2, -0.15) is 0 Å². The molecule has 2 heterocycles. The van der Waals surface area contributed by atoms with E-state index >= 15 is 0 Å². The molecule has 3 aromatic rings. The maximum absolute atomic E-state index is 12.9. The van der Waals surface area contributed by atoms with Gasteiger partial charge in [0.05, 0.1) is 10.0 Å². The van der Waals surface area contributed by atoms with Crippen LogP contribution in [-0.2, 0) is 10.0 Å². The van der Waals surface area contributed by atoms with Gasteiger partial charge in [-0.15, -0.1) is 22.7 Å². The molecule has 0 unspecified atom stereocenters. The van der Waals surface area contributed by atoms with Crippen LogP contribution in [0.5, 0.6) is 0 Å². The fourth-order valence-corrected chi connectivity index (χ4v) is 5.14. The van der Waals surface area contributed by atoms with Gasteiger partial charge >= 0.3 is 0 Å². The number of nitrogens with zero attached hydrogens (tertiary/aromatic N) is 1. The zero-order valence-electron chi connectivity index (χ0n) is 10.8. The average molecular weight is 375 g/mol. The van der Waals surface area contributed by atoms with Gasteiger partial charge in [-0.1, -0.05) is 11.6 Å². The Morgan fingerprint density at radius 3 is 2.50 bits per heavy atom. The highest BCUT2D eigenvalue weighted by atomic mass is 35.5. The number of benzene rings is 1. The van der Waals surface area contributed by atoms with Gasteiger partial charge in [-0.3, -0.25) is 4.72 Å². The molecule has 1 N–H and O–H groups in total. The smallest absolute Gasteiger partial charge is 0.254 e. The maximum Gasteiger partial charge on any atom is 0.273 e. The molecule has 22 heavy (non-hydrogen) atoms. The van der Waals surface area contributed by atoms with Gasteiger partial charge in [0.15, 0.2) is 5.13 Å². The van der Waals surface area contributed by atoms with E-state index in [0.717, 1.165) is 22.7 Å². The minimum absolute atomic E-state index is 0.121. The van der Waals surface area contributed by atoms with Gasteiger partial charge in [0.1, 0.15) is 10.0 Å². The summed E-state index contributed by atoms with van der Waals surface area (Å²) >= 11 is 7.87. The fraction of sp³-hybridized carbons (Fsp3) is 0. The third-order valence-electron chi connectivity index (χ3n) is 2.68. The third-order valence-corrected chi connectivity index (χ3v) is 6.63. The normalized spacial score (nSPS) is 11.5. The van der Waals surface area contributed by atoms with E-state index in [2.05, 4.69) is 9.71 Å². The van der Waals surface area contributed by atoms with Crippen LogP contribution in [0.4, 0.5) is 9.52 Å². The summed E-state index contributed by atoms with van der Waals surface area (Å²) in [6, 6.07) is 8.78. The molecule has 9 heteroatoms. The molecule has 0 saturated heterocycles. The number of halogens is 2. The van der Waals surface area contributed by atoms with Crippen LogP contribution in [0.25, 0.3) is 11.3 Å². The molecule has 2 aromatic heterocycles. The van der Waals surface area contributed by atoms with Crippen molar-refractivity contribution in [3.63, 3.8) is 0 Å². The summed E-state index contributed by atoms with van der Waals surface area (Å²) in [5, 5.41) is 1.94. The Hall–Kier alpha value is -1.48. The number of hydrogen-bond donors (Lipinski definition) is 1. The molecular weight excluding hydrogens is 367 g/mol. The Labute approximate surface area is 139 Å². The van der Waals surface area contributed by atoms with Gasteiger partial charge < -0.3 is 0 Å². The molecule has 0 spiro atoms. The van der Waals surface area contributed by atoms with Gasteiger partial charge in [0.2, 0.25) is 0 Å². The van der Waals surface area contributed by atoms with E-state index in [1.165, 1.54) is 24.3 Å². The van der Waals surface area contributed by atoms with Gasteiger partial charge in [0, 0.05) is 10.9 Å². The lowest BCUT2D eigenvalue weighted by atomic mass is 10.2. The van der Waals surface area contributed by atoms with Crippen molar-refractivity contribution in [3.05, 3.63) is 51.9 Å². The van der Waals surface area contributed by atoms with Crippen molar-refractivity contribution in [2.75, 3.05) is 4.72 Å². The Balaban J connectivity index is 1.84. The van der Waals surface area contributed by atoms with Gasteiger partial charge in [-0.05, 0) is 36.4 Å². The van der Waals surface area contributed by atoms with E-state index in [4.69, 9.17) is 11.6 Å². The van der Waals surface area contributed by atoms with Crippen LogP contribution in [0.2, 0.25) is 4.34 Å². The van der Waals surface area contributed by atoms with Crippen molar-refractivity contribution in [3.8, 4) is 11.3 Å². The van der Waals surface area contributed by atoms with Crippen molar-refractivity contribution >= 4 is 49.4 Å². The molecule has 0 atom stereocenters. The molecule has 0 bridgehead atoms. The van der Waals surface area contributed by atoms with E-state index in [1.54, 1.807) is 17.5 Å². The number of sulfonamides is 1. The Morgan fingerprint density at radius 1 is 1.14 bits per heavy atom. The number of thiazole rings is 1. The molecular formula is C13H8ClFN2O2S3. The summed E-state index contributed by atoms with van der Waals surface area (Å²) in [6.07, 6.45) is 0. The lowest BCUT2D eigenvalue weighted by Crippen LogP contribution is -2.11. The number of aromatic nitrogens is 1. The Bertz CT molecular complexity index is 904.